The minimum absolute atomic E-state index is 0.0666. The minimum atomic E-state index is -3.26. The standard InChI is InChI=1S/C31H36ClFN2O3S/c1-3-35(31(36)21-23-7-13-29(14-8-23)39(2,37)38)28-15-18-34(19-16-28)20-17-30(24-9-11-26(32)12-10-24)25-5-4-6-27(33)22-25/h4-14,22,28,30H,3,15-21H2,1-2H3. The molecule has 1 fully saturated rings. The molecule has 8 heteroatoms. The lowest BCUT2D eigenvalue weighted by Gasteiger charge is -2.38. The van der Waals surface area contributed by atoms with Gasteiger partial charge >= 0.3 is 0 Å². The number of nitrogens with zero attached hydrogens (tertiary/aromatic N) is 2. The summed E-state index contributed by atoms with van der Waals surface area (Å²) in [5, 5.41) is 0.680. The maximum atomic E-state index is 14.0. The van der Waals surface area contributed by atoms with Gasteiger partial charge in [0.05, 0.1) is 11.3 Å². The summed E-state index contributed by atoms with van der Waals surface area (Å²) in [6, 6.07) is 21.4. The number of benzene rings is 3. The number of hydrogen-bond acceptors (Lipinski definition) is 4. The quantitative estimate of drug-likeness (QED) is 0.302. The van der Waals surface area contributed by atoms with Gasteiger partial charge < -0.3 is 9.80 Å². The number of piperidine rings is 1. The van der Waals surface area contributed by atoms with Gasteiger partial charge in [0.2, 0.25) is 5.91 Å². The van der Waals surface area contributed by atoms with Crippen molar-refractivity contribution in [3.63, 3.8) is 0 Å². The molecule has 0 saturated carbocycles. The van der Waals surface area contributed by atoms with Crippen molar-refractivity contribution in [2.24, 2.45) is 0 Å². The van der Waals surface area contributed by atoms with Crippen LogP contribution in [0, 0.1) is 5.82 Å². The second kappa shape index (κ2) is 13.1. The highest BCUT2D eigenvalue weighted by atomic mass is 35.5. The number of rotatable bonds is 10. The van der Waals surface area contributed by atoms with Crippen LogP contribution in [0.2, 0.25) is 5.02 Å². The third-order valence-corrected chi connectivity index (χ3v) is 9.00. The van der Waals surface area contributed by atoms with Crippen LogP contribution in [-0.2, 0) is 21.1 Å². The molecule has 39 heavy (non-hydrogen) atoms. The summed E-state index contributed by atoms with van der Waals surface area (Å²) >= 11 is 6.11. The van der Waals surface area contributed by atoms with Gasteiger partial charge in [-0.25, -0.2) is 12.8 Å². The highest BCUT2D eigenvalue weighted by Crippen LogP contribution is 2.30. The van der Waals surface area contributed by atoms with Crippen LogP contribution >= 0.6 is 11.6 Å². The molecule has 1 atom stereocenters. The number of carbonyl (C=O) groups excluding carboxylic acids is 1. The van der Waals surface area contributed by atoms with Crippen molar-refractivity contribution in [2.75, 3.05) is 32.4 Å². The number of hydrogen-bond donors (Lipinski definition) is 0. The predicted molar refractivity (Wildman–Crippen MR) is 154 cm³/mol. The molecule has 0 N–H and O–H groups in total. The van der Waals surface area contributed by atoms with E-state index < -0.39 is 9.84 Å². The minimum Gasteiger partial charge on any atom is -0.340 e. The van der Waals surface area contributed by atoms with Crippen LogP contribution in [0.1, 0.15) is 48.8 Å². The Labute approximate surface area is 236 Å². The lowest BCUT2D eigenvalue weighted by atomic mass is 9.88. The summed E-state index contributed by atoms with van der Waals surface area (Å²) in [6.45, 7) is 5.32. The Morgan fingerprint density at radius 2 is 1.69 bits per heavy atom. The first-order chi connectivity index (χ1) is 18.6. The summed E-state index contributed by atoms with van der Waals surface area (Å²) < 4.78 is 37.5. The molecular weight excluding hydrogens is 535 g/mol. The number of sulfone groups is 1. The van der Waals surface area contributed by atoms with Crippen molar-refractivity contribution in [1.82, 2.24) is 9.80 Å². The second-order valence-corrected chi connectivity index (χ2v) is 12.7. The molecule has 1 aliphatic rings. The number of carbonyl (C=O) groups is 1. The van der Waals surface area contributed by atoms with Gasteiger partial charge in [0.1, 0.15) is 5.82 Å². The van der Waals surface area contributed by atoms with E-state index in [0.717, 1.165) is 55.6 Å². The monoisotopic (exact) mass is 570 g/mol. The summed E-state index contributed by atoms with van der Waals surface area (Å²) in [4.78, 5) is 17.8. The molecule has 1 heterocycles. The molecule has 3 aromatic carbocycles. The fourth-order valence-electron chi connectivity index (χ4n) is 5.48. The van der Waals surface area contributed by atoms with Gasteiger partial charge in [0, 0.05) is 42.9 Å². The summed E-state index contributed by atoms with van der Waals surface area (Å²) in [5.41, 5.74) is 2.89. The summed E-state index contributed by atoms with van der Waals surface area (Å²) in [6.07, 6.45) is 4.10. The number of likely N-dealkylation sites (tertiary alicyclic amines) is 1. The van der Waals surface area contributed by atoms with Crippen molar-refractivity contribution in [3.05, 3.63) is 100 Å². The first kappa shape index (κ1) is 29.2. The molecule has 1 unspecified atom stereocenters. The lowest BCUT2D eigenvalue weighted by molar-refractivity contribution is -0.133. The van der Waals surface area contributed by atoms with Crippen molar-refractivity contribution in [2.45, 2.75) is 49.5 Å². The van der Waals surface area contributed by atoms with Gasteiger partial charge in [-0.2, -0.15) is 0 Å². The Balaban J connectivity index is 1.34. The normalized spacial score (nSPS) is 15.7. The topological polar surface area (TPSA) is 57.7 Å². The molecule has 5 nitrogen and oxygen atoms in total. The van der Waals surface area contributed by atoms with Gasteiger partial charge in [-0.15, -0.1) is 0 Å². The number of likely N-dealkylation sites (N-methyl/N-ethyl adjacent to an activating group) is 1. The first-order valence-corrected chi connectivity index (χ1v) is 15.7. The average Bonchev–Trinajstić information content (AvgIpc) is 2.91. The molecule has 1 aliphatic heterocycles. The van der Waals surface area contributed by atoms with E-state index in [1.165, 1.54) is 12.3 Å². The molecule has 0 spiro atoms. The molecule has 1 amide bonds. The van der Waals surface area contributed by atoms with Crippen molar-refractivity contribution in [3.8, 4) is 0 Å². The van der Waals surface area contributed by atoms with E-state index >= 15 is 0 Å². The highest BCUT2D eigenvalue weighted by Gasteiger charge is 2.27. The van der Waals surface area contributed by atoms with Crippen molar-refractivity contribution < 1.29 is 17.6 Å². The zero-order valence-electron chi connectivity index (χ0n) is 22.5. The molecule has 0 aliphatic carbocycles. The van der Waals surface area contributed by atoms with Gasteiger partial charge in [0.15, 0.2) is 9.84 Å². The zero-order valence-corrected chi connectivity index (χ0v) is 24.1. The Kier molecular flexibility index (Phi) is 9.81. The lowest BCUT2D eigenvalue weighted by Crippen LogP contribution is -2.48. The molecule has 1 saturated heterocycles. The van der Waals surface area contributed by atoms with Gasteiger partial charge in [0.25, 0.3) is 0 Å². The van der Waals surface area contributed by atoms with E-state index in [-0.39, 0.29) is 35.0 Å². The third kappa shape index (κ3) is 7.90. The van der Waals surface area contributed by atoms with Crippen LogP contribution in [0.15, 0.2) is 77.7 Å². The van der Waals surface area contributed by atoms with E-state index in [4.69, 9.17) is 11.6 Å². The Bertz CT molecular complexity index is 1360. The number of amides is 1. The Hall–Kier alpha value is -2.74. The molecule has 208 valence electrons. The van der Waals surface area contributed by atoms with Gasteiger partial charge in [-0.05, 0) is 85.8 Å². The van der Waals surface area contributed by atoms with Crippen LogP contribution in [0.25, 0.3) is 0 Å². The average molecular weight is 571 g/mol. The fraction of sp³-hybridized carbons (Fsp3) is 0.387. The van der Waals surface area contributed by atoms with E-state index in [2.05, 4.69) is 4.90 Å². The van der Waals surface area contributed by atoms with Crippen LogP contribution in [-0.4, -0.2) is 62.6 Å². The summed E-state index contributed by atoms with van der Waals surface area (Å²) in [5.74, 6) is -0.0987. The van der Waals surface area contributed by atoms with E-state index in [0.29, 0.717) is 11.6 Å². The van der Waals surface area contributed by atoms with Crippen LogP contribution in [0.4, 0.5) is 4.39 Å². The molecule has 0 radical (unpaired) electrons. The predicted octanol–water partition coefficient (Wildman–Crippen LogP) is 5.96. The largest absolute Gasteiger partial charge is 0.340 e. The van der Waals surface area contributed by atoms with Crippen molar-refractivity contribution >= 4 is 27.3 Å². The molecule has 0 aromatic heterocycles. The molecular formula is C31H36ClFN2O3S. The maximum absolute atomic E-state index is 14.0. The van der Waals surface area contributed by atoms with E-state index in [1.807, 2.05) is 42.2 Å². The van der Waals surface area contributed by atoms with Gasteiger partial charge in [-0.3, -0.25) is 4.79 Å². The van der Waals surface area contributed by atoms with E-state index in [1.54, 1.807) is 36.4 Å². The van der Waals surface area contributed by atoms with Crippen molar-refractivity contribution in [1.29, 1.82) is 0 Å². The Morgan fingerprint density at radius 3 is 2.28 bits per heavy atom. The molecule has 0 bridgehead atoms. The fourth-order valence-corrected chi connectivity index (χ4v) is 6.24. The smallest absolute Gasteiger partial charge is 0.227 e. The number of halogens is 2. The maximum Gasteiger partial charge on any atom is 0.227 e. The van der Waals surface area contributed by atoms with Gasteiger partial charge in [-0.1, -0.05) is 48.0 Å². The van der Waals surface area contributed by atoms with E-state index in [9.17, 15) is 17.6 Å². The third-order valence-electron chi connectivity index (χ3n) is 7.62. The zero-order chi connectivity index (χ0) is 28.0. The SMILES string of the molecule is CCN(C(=O)Cc1ccc(S(C)(=O)=O)cc1)C1CCN(CCC(c2ccc(Cl)cc2)c2cccc(F)c2)CC1. The van der Waals surface area contributed by atoms with Crippen LogP contribution in [0.5, 0.6) is 0 Å². The highest BCUT2D eigenvalue weighted by molar-refractivity contribution is 7.90. The summed E-state index contributed by atoms with van der Waals surface area (Å²) in [7, 11) is -3.26. The molecule has 4 rings (SSSR count). The molecule has 3 aromatic rings. The van der Waals surface area contributed by atoms with Crippen LogP contribution in [0.3, 0.4) is 0 Å². The van der Waals surface area contributed by atoms with Crippen LogP contribution < -0.4 is 0 Å². The Morgan fingerprint density at radius 1 is 1.03 bits per heavy atom. The second-order valence-electron chi connectivity index (χ2n) is 10.3. The first-order valence-electron chi connectivity index (χ1n) is 13.5.